The van der Waals surface area contributed by atoms with Gasteiger partial charge in [0.15, 0.2) is 5.78 Å². The fraction of sp³-hybridized carbons (Fsp3) is 0.333. The number of fused-ring (bicyclic) bond motifs is 1. The van der Waals surface area contributed by atoms with Crippen LogP contribution in [0, 0.1) is 5.82 Å². The van der Waals surface area contributed by atoms with Gasteiger partial charge in [-0.3, -0.25) is 9.78 Å². The molecule has 1 saturated heterocycles. The molecule has 1 aromatic carbocycles. The molecule has 4 rings (SSSR count). The van der Waals surface area contributed by atoms with E-state index in [2.05, 4.69) is 15.3 Å². The van der Waals surface area contributed by atoms with Crippen molar-refractivity contribution in [2.75, 3.05) is 13.7 Å². The van der Waals surface area contributed by atoms with E-state index < -0.39 is 18.0 Å². The fourth-order valence-corrected chi connectivity index (χ4v) is 3.70. The van der Waals surface area contributed by atoms with Gasteiger partial charge >= 0.3 is 6.09 Å². The van der Waals surface area contributed by atoms with Crippen molar-refractivity contribution < 1.29 is 28.2 Å². The van der Waals surface area contributed by atoms with Crippen LogP contribution in [0.4, 0.5) is 9.18 Å². The number of alkyl carbamates (subject to hydrolysis) is 1. The lowest BCUT2D eigenvalue weighted by atomic mass is 9.97. The van der Waals surface area contributed by atoms with Gasteiger partial charge in [0.2, 0.25) is 5.88 Å². The lowest BCUT2D eigenvalue weighted by Crippen LogP contribution is -2.45. The largest absolute Gasteiger partial charge is 0.481 e. The van der Waals surface area contributed by atoms with E-state index in [9.17, 15) is 14.0 Å². The van der Waals surface area contributed by atoms with Crippen LogP contribution in [-0.4, -0.2) is 47.7 Å². The Labute approximate surface area is 190 Å². The first kappa shape index (κ1) is 22.6. The first-order chi connectivity index (χ1) is 16.0. The zero-order valence-electron chi connectivity index (χ0n) is 18.1. The predicted octanol–water partition coefficient (Wildman–Crippen LogP) is 3.36. The van der Waals surface area contributed by atoms with Gasteiger partial charge in [-0.2, -0.15) is 0 Å². The van der Waals surface area contributed by atoms with Gasteiger partial charge in [-0.1, -0.05) is 30.3 Å². The highest BCUT2D eigenvalue weighted by molar-refractivity contribution is 5.90. The number of pyridine rings is 2. The fourth-order valence-electron chi connectivity index (χ4n) is 3.70. The molecule has 2 unspecified atom stereocenters. The number of aromatic nitrogens is 2. The van der Waals surface area contributed by atoms with E-state index in [1.807, 2.05) is 30.3 Å². The van der Waals surface area contributed by atoms with Crippen LogP contribution >= 0.6 is 0 Å². The van der Waals surface area contributed by atoms with Crippen molar-refractivity contribution in [1.82, 2.24) is 15.3 Å². The van der Waals surface area contributed by atoms with Crippen molar-refractivity contribution in [2.45, 2.75) is 38.0 Å². The zero-order valence-corrected chi connectivity index (χ0v) is 18.1. The molecule has 1 aliphatic rings. The van der Waals surface area contributed by atoms with Gasteiger partial charge in [-0.05, 0) is 24.5 Å². The Morgan fingerprint density at radius 3 is 2.73 bits per heavy atom. The number of hydrogen-bond donors (Lipinski definition) is 1. The number of amides is 1. The summed E-state index contributed by atoms with van der Waals surface area (Å²) >= 11 is 0. The summed E-state index contributed by atoms with van der Waals surface area (Å²) < 4.78 is 30.5. The molecule has 1 fully saturated rings. The van der Waals surface area contributed by atoms with Crippen molar-refractivity contribution in [2.24, 2.45) is 0 Å². The zero-order chi connectivity index (χ0) is 23.2. The van der Waals surface area contributed by atoms with Gasteiger partial charge in [-0.25, -0.2) is 14.2 Å². The van der Waals surface area contributed by atoms with Crippen molar-refractivity contribution in [3.63, 3.8) is 0 Å². The third-order valence-corrected chi connectivity index (χ3v) is 5.47. The van der Waals surface area contributed by atoms with Crippen LogP contribution in [0.1, 0.15) is 24.0 Å². The Morgan fingerprint density at radius 1 is 1.18 bits per heavy atom. The van der Waals surface area contributed by atoms with E-state index in [0.29, 0.717) is 29.8 Å². The molecule has 0 aliphatic carbocycles. The van der Waals surface area contributed by atoms with Gasteiger partial charge in [-0.15, -0.1) is 0 Å². The quantitative estimate of drug-likeness (QED) is 0.586. The molecular weight excluding hydrogens is 429 g/mol. The molecule has 2 atom stereocenters. The minimum atomic E-state index is -0.684. The molecule has 0 bridgehead atoms. The van der Waals surface area contributed by atoms with Crippen LogP contribution in [-0.2, 0) is 27.3 Å². The Bertz CT molecular complexity index is 1130. The molecule has 172 valence electrons. The highest BCUT2D eigenvalue weighted by Crippen LogP contribution is 2.23. The summed E-state index contributed by atoms with van der Waals surface area (Å²) in [6.45, 7) is 0.341. The Hall–Kier alpha value is -3.59. The third-order valence-electron chi connectivity index (χ3n) is 5.47. The number of hydrogen-bond acceptors (Lipinski definition) is 7. The lowest BCUT2D eigenvalue weighted by molar-refractivity contribution is -0.133. The monoisotopic (exact) mass is 453 g/mol. The summed E-state index contributed by atoms with van der Waals surface area (Å²) in [4.78, 5) is 33.1. The molecule has 1 aliphatic heterocycles. The molecule has 0 saturated carbocycles. The summed E-state index contributed by atoms with van der Waals surface area (Å²) in [5.74, 6) is -0.546. The summed E-state index contributed by atoms with van der Waals surface area (Å²) in [6.07, 6.45) is 0.639. The summed E-state index contributed by atoms with van der Waals surface area (Å²) in [7, 11) is 1.46. The maximum absolute atomic E-state index is 14.5. The first-order valence-corrected chi connectivity index (χ1v) is 10.6. The number of benzene rings is 1. The number of methoxy groups -OCH3 is 1. The van der Waals surface area contributed by atoms with E-state index >= 15 is 0 Å². The number of carbonyl (C=O) groups excluding carboxylic acids is 2. The highest BCUT2D eigenvalue weighted by atomic mass is 19.1. The number of nitrogens with one attached hydrogen (secondary N) is 1. The maximum atomic E-state index is 14.5. The van der Waals surface area contributed by atoms with Gasteiger partial charge in [0.25, 0.3) is 0 Å². The van der Waals surface area contributed by atoms with Crippen LogP contribution in [0.3, 0.4) is 0 Å². The molecule has 8 nitrogen and oxygen atoms in total. The number of nitrogens with zero attached hydrogens (tertiary/aromatic N) is 2. The van der Waals surface area contributed by atoms with E-state index in [-0.39, 0.29) is 37.0 Å². The number of Topliss-reactive ketones (excluding diaryl/α,β-unsaturated/α-hetero) is 1. The minimum absolute atomic E-state index is 0.164. The smallest absolute Gasteiger partial charge is 0.407 e. The number of carbonyl (C=O) groups is 2. The van der Waals surface area contributed by atoms with E-state index in [0.717, 1.165) is 11.8 Å². The minimum Gasteiger partial charge on any atom is -0.481 e. The Balaban J connectivity index is 1.31. The maximum Gasteiger partial charge on any atom is 0.407 e. The lowest BCUT2D eigenvalue weighted by Gasteiger charge is -2.28. The SMILES string of the molecule is COc1ccc2ncc(F)c(CC(=O)C3CCC(NC(=O)OCc4ccccc4)CO3)c2n1. The highest BCUT2D eigenvalue weighted by Gasteiger charge is 2.29. The number of rotatable bonds is 7. The molecular formula is C24H24FN3O5. The summed E-state index contributed by atoms with van der Waals surface area (Å²) in [6, 6.07) is 12.4. The van der Waals surface area contributed by atoms with Crippen LogP contribution in [0.15, 0.2) is 48.7 Å². The predicted molar refractivity (Wildman–Crippen MR) is 117 cm³/mol. The van der Waals surface area contributed by atoms with Crippen LogP contribution in [0.2, 0.25) is 0 Å². The second-order valence-corrected chi connectivity index (χ2v) is 7.75. The van der Waals surface area contributed by atoms with E-state index in [1.165, 1.54) is 7.11 Å². The van der Waals surface area contributed by atoms with Crippen LogP contribution in [0.5, 0.6) is 5.88 Å². The third kappa shape index (κ3) is 5.61. The van der Waals surface area contributed by atoms with E-state index in [1.54, 1.807) is 12.1 Å². The van der Waals surface area contributed by atoms with Crippen molar-refractivity contribution in [3.8, 4) is 5.88 Å². The molecule has 3 heterocycles. The second-order valence-electron chi connectivity index (χ2n) is 7.75. The molecule has 33 heavy (non-hydrogen) atoms. The average molecular weight is 453 g/mol. The molecule has 0 radical (unpaired) electrons. The Kier molecular flexibility index (Phi) is 7.09. The van der Waals surface area contributed by atoms with Gasteiger partial charge in [0.1, 0.15) is 18.5 Å². The normalized spacial score (nSPS) is 18.0. The van der Waals surface area contributed by atoms with Crippen molar-refractivity contribution in [3.05, 3.63) is 65.6 Å². The van der Waals surface area contributed by atoms with Crippen molar-refractivity contribution >= 4 is 22.9 Å². The first-order valence-electron chi connectivity index (χ1n) is 10.6. The summed E-state index contributed by atoms with van der Waals surface area (Å²) in [5.41, 5.74) is 1.82. The van der Waals surface area contributed by atoms with Gasteiger partial charge in [0.05, 0.1) is 37.0 Å². The topological polar surface area (TPSA) is 99.6 Å². The number of ether oxygens (including phenoxy) is 3. The van der Waals surface area contributed by atoms with Gasteiger partial charge < -0.3 is 19.5 Å². The molecule has 2 aromatic heterocycles. The van der Waals surface area contributed by atoms with Crippen molar-refractivity contribution in [1.29, 1.82) is 0 Å². The molecule has 1 N–H and O–H groups in total. The number of halogens is 1. The number of ketones is 1. The average Bonchev–Trinajstić information content (AvgIpc) is 2.85. The second kappa shape index (κ2) is 10.4. The molecule has 3 aromatic rings. The van der Waals surface area contributed by atoms with Crippen LogP contribution in [0.25, 0.3) is 11.0 Å². The summed E-state index contributed by atoms with van der Waals surface area (Å²) in [5, 5.41) is 2.75. The molecule has 9 heteroatoms. The standard InChI is InChI=1S/C24H24FN3O5/c1-31-22-10-8-19-23(28-22)17(18(25)12-26-19)11-20(29)21-9-7-16(14-32-21)27-24(30)33-13-15-5-3-2-4-6-15/h2-6,8,10,12,16,21H,7,9,11,13-14H2,1H3,(H,27,30). The van der Waals surface area contributed by atoms with Gasteiger partial charge in [0, 0.05) is 18.1 Å². The molecule has 0 spiro atoms. The molecule has 1 amide bonds. The Morgan fingerprint density at radius 2 is 2.00 bits per heavy atom. The van der Waals surface area contributed by atoms with E-state index in [4.69, 9.17) is 14.2 Å². The van der Waals surface area contributed by atoms with Crippen LogP contribution < -0.4 is 10.1 Å².